The largest absolute Gasteiger partial charge is 0.307 e. The summed E-state index contributed by atoms with van der Waals surface area (Å²) in [4.78, 5) is 16.0. The number of amides is 1. The SMILES string of the molecule is Cc1ccc(NC(=O)c2ccccc2Cl)nc1. The second kappa shape index (κ2) is 4.97. The Balaban J connectivity index is 2.17. The highest BCUT2D eigenvalue weighted by molar-refractivity contribution is 6.34. The third kappa shape index (κ3) is 2.82. The molecule has 1 N–H and O–H groups in total. The molecule has 0 fully saturated rings. The Bertz CT molecular complexity index is 537. The van der Waals surface area contributed by atoms with Crippen molar-refractivity contribution in [2.75, 3.05) is 5.32 Å². The molecule has 0 atom stereocenters. The Morgan fingerprint density at radius 2 is 2.00 bits per heavy atom. The summed E-state index contributed by atoms with van der Waals surface area (Å²) >= 11 is 5.93. The van der Waals surface area contributed by atoms with Gasteiger partial charge in [0.25, 0.3) is 5.91 Å². The number of carbonyl (C=O) groups excluding carboxylic acids is 1. The predicted molar refractivity (Wildman–Crippen MR) is 68.4 cm³/mol. The summed E-state index contributed by atoms with van der Waals surface area (Å²) in [7, 11) is 0. The fourth-order valence-electron chi connectivity index (χ4n) is 1.37. The number of aromatic nitrogens is 1. The van der Waals surface area contributed by atoms with Crippen molar-refractivity contribution in [1.82, 2.24) is 4.98 Å². The minimum absolute atomic E-state index is 0.257. The number of hydrogen-bond donors (Lipinski definition) is 1. The van der Waals surface area contributed by atoms with Crippen molar-refractivity contribution < 1.29 is 4.79 Å². The van der Waals surface area contributed by atoms with Crippen molar-refractivity contribution in [3.05, 3.63) is 58.7 Å². The van der Waals surface area contributed by atoms with Gasteiger partial charge in [-0.3, -0.25) is 4.79 Å². The summed E-state index contributed by atoms with van der Waals surface area (Å²) in [5.74, 6) is 0.257. The molecule has 0 aliphatic rings. The van der Waals surface area contributed by atoms with Gasteiger partial charge in [0.2, 0.25) is 0 Å². The molecule has 0 aliphatic heterocycles. The first kappa shape index (κ1) is 11.6. The van der Waals surface area contributed by atoms with Crippen LogP contribution < -0.4 is 5.32 Å². The van der Waals surface area contributed by atoms with Gasteiger partial charge in [-0.05, 0) is 30.7 Å². The van der Waals surface area contributed by atoms with Crippen LogP contribution in [-0.2, 0) is 0 Å². The average molecular weight is 247 g/mol. The van der Waals surface area contributed by atoms with Gasteiger partial charge in [0.1, 0.15) is 5.82 Å². The second-order valence-corrected chi connectivity index (χ2v) is 4.06. The summed E-state index contributed by atoms with van der Waals surface area (Å²) in [6, 6.07) is 10.5. The van der Waals surface area contributed by atoms with E-state index in [1.54, 1.807) is 36.5 Å². The Morgan fingerprint density at radius 3 is 2.65 bits per heavy atom. The highest BCUT2D eigenvalue weighted by Gasteiger charge is 2.09. The molecule has 0 unspecified atom stereocenters. The molecule has 0 aliphatic carbocycles. The van der Waals surface area contributed by atoms with Crippen LogP contribution in [0.15, 0.2) is 42.6 Å². The highest BCUT2D eigenvalue weighted by Crippen LogP contribution is 2.16. The molecular formula is C13H11ClN2O. The second-order valence-electron chi connectivity index (χ2n) is 3.65. The van der Waals surface area contributed by atoms with Crippen molar-refractivity contribution in [2.45, 2.75) is 6.92 Å². The van der Waals surface area contributed by atoms with Gasteiger partial charge in [-0.15, -0.1) is 0 Å². The molecule has 1 aromatic heterocycles. The predicted octanol–water partition coefficient (Wildman–Crippen LogP) is 3.30. The van der Waals surface area contributed by atoms with Gasteiger partial charge in [-0.2, -0.15) is 0 Å². The van der Waals surface area contributed by atoms with Gasteiger partial charge in [0.05, 0.1) is 10.6 Å². The number of halogens is 1. The van der Waals surface area contributed by atoms with Crippen LogP contribution in [0.1, 0.15) is 15.9 Å². The molecule has 1 heterocycles. The first-order valence-electron chi connectivity index (χ1n) is 5.15. The summed E-state index contributed by atoms with van der Waals surface area (Å²) in [6.45, 7) is 1.94. The van der Waals surface area contributed by atoms with Crippen LogP contribution in [0.4, 0.5) is 5.82 Å². The number of anilines is 1. The molecule has 86 valence electrons. The third-order valence-electron chi connectivity index (χ3n) is 2.27. The monoisotopic (exact) mass is 246 g/mol. The zero-order valence-electron chi connectivity index (χ0n) is 9.27. The molecule has 4 heteroatoms. The van der Waals surface area contributed by atoms with Crippen LogP contribution in [0.3, 0.4) is 0 Å². The fraction of sp³-hybridized carbons (Fsp3) is 0.0769. The molecule has 0 saturated carbocycles. The van der Waals surface area contributed by atoms with Crippen LogP contribution in [0, 0.1) is 6.92 Å². The minimum Gasteiger partial charge on any atom is -0.307 e. The van der Waals surface area contributed by atoms with Crippen LogP contribution in [-0.4, -0.2) is 10.9 Å². The molecule has 0 radical (unpaired) electrons. The summed E-state index contributed by atoms with van der Waals surface area (Å²) in [5.41, 5.74) is 1.48. The van der Waals surface area contributed by atoms with Crippen molar-refractivity contribution in [2.24, 2.45) is 0 Å². The van der Waals surface area contributed by atoms with Crippen LogP contribution >= 0.6 is 11.6 Å². The maximum Gasteiger partial charge on any atom is 0.258 e. The van der Waals surface area contributed by atoms with Crippen molar-refractivity contribution >= 4 is 23.3 Å². The quantitative estimate of drug-likeness (QED) is 0.884. The molecule has 17 heavy (non-hydrogen) atoms. The van der Waals surface area contributed by atoms with Crippen LogP contribution in [0.2, 0.25) is 5.02 Å². The number of hydrogen-bond acceptors (Lipinski definition) is 2. The number of aryl methyl sites for hydroxylation is 1. The van der Waals surface area contributed by atoms with Gasteiger partial charge >= 0.3 is 0 Å². The number of pyridine rings is 1. The molecule has 0 spiro atoms. The topological polar surface area (TPSA) is 42.0 Å². The van der Waals surface area contributed by atoms with E-state index in [2.05, 4.69) is 10.3 Å². The van der Waals surface area contributed by atoms with E-state index in [0.717, 1.165) is 5.56 Å². The Labute approximate surface area is 104 Å². The molecule has 2 aromatic rings. The van der Waals surface area contributed by atoms with Gasteiger partial charge in [0, 0.05) is 6.20 Å². The van der Waals surface area contributed by atoms with E-state index < -0.39 is 0 Å². The summed E-state index contributed by atoms with van der Waals surface area (Å²) in [5, 5.41) is 3.12. The van der Waals surface area contributed by atoms with Crippen LogP contribution in [0.5, 0.6) is 0 Å². The van der Waals surface area contributed by atoms with E-state index in [9.17, 15) is 4.79 Å². The minimum atomic E-state index is -0.257. The lowest BCUT2D eigenvalue weighted by Crippen LogP contribution is -2.13. The molecule has 0 bridgehead atoms. The maximum atomic E-state index is 11.9. The van der Waals surface area contributed by atoms with E-state index in [4.69, 9.17) is 11.6 Å². The van der Waals surface area contributed by atoms with Crippen molar-refractivity contribution in [3.63, 3.8) is 0 Å². The van der Waals surface area contributed by atoms with Crippen LogP contribution in [0.25, 0.3) is 0 Å². The average Bonchev–Trinajstić information content (AvgIpc) is 2.32. The highest BCUT2D eigenvalue weighted by atomic mass is 35.5. The third-order valence-corrected chi connectivity index (χ3v) is 2.60. The molecular weight excluding hydrogens is 236 g/mol. The molecule has 0 saturated heterocycles. The Morgan fingerprint density at radius 1 is 1.24 bits per heavy atom. The standard InChI is InChI=1S/C13H11ClN2O/c1-9-6-7-12(15-8-9)16-13(17)10-4-2-3-5-11(10)14/h2-8H,1H3,(H,15,16,17). The van der Waals surface area contributed by atoms with E-state index in [-0.39, 0.29) is 5.91 Å². The number of benzene rings is 1. The summed E-state index contributed by atoms with van der Waals surface area (Å²) in [6.07, 6.45) is 1.70. The molecule has 1 aromatic carbocycles. The lowest BCUT2D eigenvalue weighted by Gasteiger charge is -2.05. The van der Waals surface area contributed by atoms with E-state index in [0.29, 0.717) is 16.4 Å². The normalized spacial score (nSPS) is 10.0. The maximum absolute atomic E-state index is 11.9. The number of rotatable bonds is 2. The zero-order valence-corrected chi connectivity index (χ0v) is 10.0. The van der Waals surface area contributed by atoms with Gasteiger partial charge in [-0.25, -0.2) is 4.98 Å². The van der Waals surface area contributed by atoms with E-state index in [1.165, 1.54) is 0 Å². The number of nitrogens with zero attached hydrogens (tertiary/aromatic N) is 1. The van der Waals surface area contributed by atoms with E-state index in [1.807, 2.05) is 13.0 Å². The fourth-order valence-corrected chi connectivity index (χ4v) is 1.59. The zero-order chi connectivity index (χ0) is 12.3. The van der Waals surface area contributed by atoms with Gasteiger partial charge in [0.15, 0.2) is 0 Å². The van der Waals surface area contributed by atoms with Crippen molar-refractivity contribution in [1.29, 1.82) is 0 Å². The lowest BCUT2D eigenvalue weighted by atomic mass is 10.2. The molecule has 2 rings (SSSR count). The van der Waals surface area contributed by atoms with E-state index >= 15 is 0 Å². The van der Waals surface area contributed by atoms with Gasteiger partial charge in [-0.1, -0.05) is 29.8 Å². The number of carbonyl (C=O) groups is 1. The Hall–Kier alpha value is -1.87. The first-order chi connectivity index (χ1) is 8.16. The van der Waals surface area contributed by atoms with Gasteiger partial charge < -0.3 is 5.32 Å². The first-order valence-corrected chi connectivity index (χ1v) is 5.53. The molecule has 1 amide bonds. The lowest BCUT2D eigenvalue weighted by molar-refractivity contribution is 0.102. The Kier molecular flexibility index (Phi) is 3.40. The van der Waals surface area contributed by atoms with Crippen molar-refractivity contribution in [3.8, 4) is 0 Å². The smallest absolute Gasteiger partial charge is 0.258 e. The molecule has 3 nitrogen and oxygen atoms in total. The number of nitrogens with one attached hydrogen (secondary N) is 1. The summed E-state index contributed by atoms with van der Waals surface area (Å²) < 4.78 is 0.